The van der Waals surface area contributed by atoms with Crippen LogP contribution in [-0.2, 0) is 0 Å². The first-order valence-corrected chi connectivity index (χ1v) is 15.0. The Labute approximate surface area is 255 Å². The van der Waals surface area contributed by atoms with Crippen LogP contribution in [0.3, 0.4) is 0 Å². The van der Waals surface area contributed by atoms with Crippen LogP contribution in [0, 0.1) is 0 Å². The number of nitrogens with zero attached hydrogens (tertiary/aromatic N) is 1. The minimum absolute atomic E-state index is 0.910. The van der Waals surface area contributed by atoms with Crippen LogP contribution in [0.4, 0.5) is 0 Å². The molecule has 0 atom stereocenters. The van der Waals surface area contributed by atoms with Crippen LogP contribution in [0.15, 0.2) is 168 Å². The maximum absolute atomic E-state index is 6.50. The lowest BCUT2D eigenvalue weighted by atomic mass is 9.92. The second kappa shape index (κ2) is 9.86. The number of benzene rings is 7. The fourth-order valence-electron chi connectivity index (χ4n) is 6.85. The molecule has 0 fully saturated rings. The molecule has 9 rings (SSSR count). The highest BCUT2D eigenvalue weighted by Crippen LogP contribution is 2.43. The minimum atomic E-state index is 0.910. The summed E-state index contributed by atoms with van der Waals surface area (Å²) >= 11 is 0. The molecule has 0 amide bonds. The van der Waals surface area contributed by atoms with E-state index < -0.39 is 0 Å². The van der Waals surface area contributed by atoms with E-state index in [-0.39, 0.29) is 0 Å². The third-order valence-corrected chi connectivity index (χ3v) is 8.84. The maximum Gasteiger partial charge on any atom is 0.143 e. The summed E-state index contributed by atoms with van der Waals surface area (Å²) in [7, 11) is 0. The largest absolute Gasteiger partial charge is 0.455 e. The smallest absolute Gasteiger partial charge is 0.143 e. The van der Waals surface area contributed by atoms with Crippen molar-refractivity contribution in [3.8, 4) is 39.1 Å². The summed E-state index contributed by atoms with van der Waals surface area (Å²) < 4.78 is 8.93. The molecule has 44 heavy (non-hydrogen) atoms. The van der Waals surface area contributed by atoms with Crippen molar-refractivity contribution in [1.82, 2.24) is 4.57 Å². The molecule has 0 N–H and O–H groups in total. The zero-order chi connectivity index (χ0) is 29.0. The van der Waals surface area contributed by atoms with Crippen molar-refractivity contribution in [2.24, 2.45) is 0 Å². The van der Waals surface area contributed by atoms with Gasteiger partial charge in [-0.2, -0.15) is 0 Å². The molecule has 0 radical (unpaired) electrons. The zero-order valence-corrected chi connectivity index (χ0v) is 23.9. The Morgan fingerprint density at radius 3 is 1.84 bits per heavy atom. The van der Waals surface area contributed by atoms with Gasteiger partial charge in [0.25, 0.3) is 0 Å². The van der Waals surface area contributed by atoms with E-state index in [2.05, 4.69) is 156 Å². The normalized spacial score (nSPS) is 11.6. The van der Waals surface area contributed by atoms with Gasteiger partial charge in [0.15, 0.2) is 0 Å². The average molecular weight is 562 g/mol. The van der Waals surface area contributed by atoms with Gasteiger partial charge in [-0.25, -0.2) is 0 Å². The van der Waals surface area contributed by atoms with Crippen molar-refractivity contribution in [2.45, 2.75) is 0 Å². The minimum Gasteiger partial charge on any atom is -0.455 e. The monoisotopic (exact) mass is 561 g/mol. The third kappa shape index (κ3) is 3.75. The van der Waals surface area contributed by atoms with E-state index in [0.29, 0.717) is 0 Å². The lowest BCUT2D eigenvalue weighted by Gasteiger charge is -2.17. The predicted octanol–water partition coefficient (Wildman–Crippen LogP) is 11.7. The van der Waals surface area contributed by atoms with E-state index in [4.69, 9.17) is 4.42 Å². The van der Waals surface area contributed by atoms with E-state index in [1.807, 2.05) is 12.1 Å². The number of rotatable bonds is 4. The fourth-order valence-corrected chi connectivity index (χ4v) is 6.85. The number of aromatic nitrogens is 1. The Hall–Kier alpha value is -5.86. The summed E-state index contributed by atoms with van der Waals surface area (Å²) in [6.45, 7) is 0. The van der Waals surface area contributed by atoms with Crippen LogP contribution in [-0.4, -0.2) is 4.57 Å². The molecule has 7 aromatic carbocycles. The molecule has 0 saturated carbocycles. The van der Waals surface area contributed by atoms with Gasteiger partial charge < -0.3 is 8.98 Å². The van der Waals surface area contributed by atoms with Gasteiger partial charge in [0.1, 0.15) is 11.2 Å². The van der Waals surface area contributed by atoms with Gasteiger partial charge in [0.2, 0.25) is 0 Å². The first-order valence-electron chi connectivity index (χ1n) is 15.0. The molecule has 0 spiro atoms. The van der Waals surface area contributed by atoms with Crippen LogP contribution in [0.5, 0.6) is 0 Å². The number of furan rings is 1. The molecule has 0 aliphatic rings. The van der Waals surface area contributed by atoms with Crippen molar-refractivity contribution in [3.05, 3.63) is 164 Å². The Morgan fingerprint density at radius 2 is 0.977 bits per heavy atom. The second-order valence-electron chi connectivity index (χ2n) is 11.3. The van der Waals surface area contributed by atoms with E-state index >= 15 is 0 Å². The maximum atomic E-state index is 6.50. The summed E-state index contributed by atoms with van der Waals surface area (Å²) in [5, 5.41) is 4.77. The topological polar surface area (TPSA) is 18.1 Å². The van der Waals surface area contributed by atoms with Crippen molar-refractivity contribution < 1.29 is 4.42 Å². The SMILES string of the molecule is c1ccc(-c2ccc3c4ccccc4n(-c4ccccc4-c4ccccc4-c4cccc5c4oc4ccccc45)c3c2)cc1. The highest BCUT2D eigenvalue weighted by Gasteiger charge is 2.19. The van der Waals surface area contributed by atoms with Crippen LogP contribution in [0.1, 0.15) is 0 Å². The van der Waals surface area contributed by atoms with Gasteiger partial charge in [-0.3, -0.25) is 0 Å². The first-order chi connectivity index (χ1) is 21.8. The van der Waals surface area contributed by atoms with Gasteiger partial charge in [-0.05, 0) is 46.5 Å². The third-order valence-electron chi connectivity index (χ3n) is 8.84. The molecule has 2 heteroatoms. The standard InChI is InChI=1S/C42H27NO/c1-2-13-28(14-3-1)29-25-26-34-33-18-7-10-23-39(33)43(40(34)27-29)38-22-9-6-17-32(38)30-15-4-5-16-31(30)36-20-12-21-37-35-19-8-11-24-41(35)44-42(36)37/h1-27H. The molecule has 0 aliphatic heterocycles. The number of hydrogen-bond donors (Lipinski definition) is 0. The van der Waals surface area contributed by atoms with Crippen LogP contribution in [0.2, 0.25) is 0 Å². The van der Waals surface area contributed by atoms with E-state index in [1.54, 1.807) is 0 Å². The number of para-hydroxylation sites is 4. The lowest BCUT2D eigenvalue weighted by Crippen LogP contribution is -1.98. The molecule has 9 aromatic rings. The quantitative estimate of drug-likeness (QED) is 0.209. The molecule has 2 nitrogen and oxygen atoms in total. The fraction of sp³-hybridized carbons (Fsp3) is 0. The van der Waals surface area contributed by atoms with Crippen molar-refractivity contribution in [3.63, 3.8) is 0 Å². The Kier molecular flexibility index (Phi) is 5.54. The van der Waals surface area contributed by atoms with Crippen LogP contribution in [0.25, 0.3) is 82.8 Å². The molecule has 0 aliphatic carbocycles. The van der Waals surface area contributed by atoms with Gasteiger partial charge >= 0.3 is 0 Å². The van der Waals surface area contributed by atoms with Gasteiger partial charge in [0.05, 0.1) is 16.7 Å². The summed E-state index contributed by atoms with van der Waals surface area (Å²) in [6, 6.07) is 58.4. The van der Waals surface area contributed by atoms with Crippen molar-refractivity contribution in [1.29, 1.82) is 0 Å². The average Bonchev–Trinajstić information content (AvgIpc) is 3.64. The molecule has 206 valence electrons. The Morgan fingerprint density at radius 1 is 0.364 bits per heavy atom. The Balaban J connectivity index is 1.32. The highest BCUT2D eigenvalue weighted by atomic mass is 16.3. The molecule has 2 aromatic heterocycles. The molecule has 0 bridgehead atoms. The van der Waals surface area contributed by atoms with Gasteiger partial charge in [0, 0.05) is 32.7 Å². The van der Waals surface area contributed by atoms with Crippen molar-refractivity contribution in [2.75, 3.05) is 0 Å². The second-order valence-corrected chi connectivity index (χ2v) is 11.3. The van der Waals surface area contributed by atoms with Gasteiger partial charge in [-0.15, -0.1) is 0 Å². The zero-order valence-electron chi connectivity index (χ0n) is 23.9. The molecule has 0 unspecified atom stereocenters. The molecule has 0 saturated heterocycles. The summed E-state index contributed by atoms with van der Waals surface area (Å²) in [4.78, 5) is 0. The Bertz CT molecular complexity index is 2500. The number of fused-ring (bicyclic) bond motifs is 6. The van der Waals surface area contributed by atoms with E-state index in [9.17, 15) is 0 Å². The summed E-state index contributed by atoms with van der Waals surface area (Å²) in [5.41, 5.74) is 12.4. The van der Waals surface area contributed by atoms with Gasteiger partial charge in [-0.1, -0.05) is 140 Å². The summed E-state index contributed by atoms with van der Waals surface area (Å²) in [5.74, 6) is 0. The predicted molar refractivity (Wildman–Crippen MR) is 184 cm³/mol. The number of hydrogen-bond acceptors (Lipinski definition) is 1. The molecular formula is C42H27NO. The first kappa shape index (κ1) is 24.7. The van der Waals surface area contributed by atoms with E-state index in [1.165, 1.54) is 44.1 Å². The molecule has 2 heterocycles. The van der Waals surface area contributed by atoms with E-state index in [0.717, 1.165) is 38.8 Å². The summed E-state index contributed by atoms with van der Waals surface area (Å²) in [6.07, 6.45) is 0. The highest BCUT2D eigenvalue weighted by molar-refractivity contribution is 6.12. The van der Waals surface area contributed by atoms with Crippen LogP contribution >= 0.6 is 0 Å². The lowest BCUT2D eigenvalue weighted by molar-refractivity contribution is 0.670. The molecular weight excluding hydrogens is 534 g/mol. The van der Waals surface area contributed by atoms with Crippen molar-refractivity contribution >= 4 is 43.7 Å². The van der Waals surface area contributed by atoms with Crippen LogP contribution < -0.4 is 0 Å².